The van der Waals surface area contributed by atoms with E-state index in [1.165, 1.54) is 23.5 Å². The van der Waals surface area contributed by atoms with Gasteiger partial charge in [-0.2, -0.15) is 0 Å². The Morgan fingerprint density at radius 3 is 2.60 bits per heavy atom. The molecule has 4 rings (SSSR count). The molecule has 1 aliphatic heterocycles. The normalized spacial score (nSPS) is 13.1. The molecule has 7 nitrogen and oxygen atoms in total. The number of carbonyl (C=O) groups is 1. The Morgan fingerprint density at radius 2 is 1.83 bits per heavy atom. The Hall–Kier alpha value is -2.98. The highest BCUT2D eigenvalue weighted by molar-refractivity contribution is 7.91. The van der Waals surface area contributed by atoms with Gasteiger partial charge in [-0.1, -0.05) is 0 Å². The predicted molar refractivity (Wildman–Crippen MR) is 110 cm³/mol. The first-order valence-corrected chi connectivity index (χ1v) is 11.6. The van der Waals surface area contributed by atoms with Crippen LogP contribution in [0, 0.1) is 5.82 Å². The summed E-state index contributed by atoms with van der Waals surface area (Å²) in [5.74, 6) is -0.0577. The molecule has 30 heavy (non-hydrogen) atoms. The second kappa shape index (κ2) is 8.41. The molecule has 1 N–H and O–H groups in total. The van der Waals surface area contributed by atoms with Gasteiger partial charge in [0.15, 0.2) is 26.5 Å². The molecule has 3 aromatic rings. The molecule has 10 heteroatoms. The number of nitrogens with one attached hydrogen (secondary N) is 1. The van der Waals surface area contributed by atoms with Crippen molar-refractivity contribution in [3.05, 3.63) is 53.7 Å². The van der Waals surface area contributed by atoms with Gasteiger partial charge in [0.25, 0.3) is 0 Å². The van der Waals surface area contributed by atoms with Gasteiger partial charge >= 0.3 is 0 Å². The number of anilines is 1. The summed E-state index contributed by atoms with van der Waals surface area (Å²) >= 11 is 1.24. The Bertz CT molecular complexity index is 1180. The molecule has 156 valence electrons. The SMILES string of the molecule is O=C(CCS(=O)(=O)c1ccc(F)cc1)Nc1nc(-c2ccc3c(c2)OCCO3)cs1. The van der Waals surface area contributed by atoms with Gasteiger partial charge in [-0.05, 0) is 42.5 Å². The number of thiazole rings is 1. The van der Waals surface area contributed by atoms with Crippen LogP contribution in [0.2, 0.25) is 0 Å². The molecule has 1 amide bonds. The quantitative estimate of drug-likeness (QED) is 0.580. The molecule has 0 atom stereocenters. The summed E-state index contributed by atoms with van der Waals surface area (Å²) in [4.78, 5) is 16.5. The Morgan fingerprint density at radius 1 is 1.10 bits per heavy atom. The van der Waals surface area contributed by atoms with Crippen molar-refractivity contribution in [3.8, 4) is 22.8 Å². The number of ether oxygens (including phenoxy) is 2. The molecule has 1 aromatic heterocycles. The van der Waals surface area contributed by atoms with E-state index in [2.05, 4.69) is 10.3 Å². The van der Waals surface area contributed by atoms with Crippen LogP contribution in [0.5, 0.6) is 11.5 Å². The van der Waals surface area contributed by atoms with Crippen LogP contribution in [-0.4, -0.2) is 38.3 Å². The largest absolute Gasteiger partial charge is 0.486 e. The fraction of sp³-hybridized carbons (Fsp3) is 0.200. The van der Waals surface area contributed by atoms with Crippen LogP contribution in [-0.2, 0) is 14.6 Å². The molecule has 0 fully saturated rings. The van der Waals surface area contributed by atoms with Crippen LogP contribution in [0.3, 0.4) is 0 Å². The minimum atomic E-state index is -3.68. The third kappa shape index (κ3) is 4.60. The molecular weight excluding hydrogens is 431 g/mol. The van der Waals surface area contributed by atoms with Crippen LogP contribution in [0.1, 0.15) is 6.42 Å². The molecule has 0 spiro atoms. The third-order valence-corrected chi connectivity index (χ3v) is 6.85. The van der Waals surface area contributed by atoms with Gasteiger partial charge in [0.05, 0.1) is 16.3 Å². The van der Waals surface area contributed by atoms with E-state index in [1.807, 2.05) is 18.2 Å². The second-order valence-electron chi connectivity index (χ2n) is 6.47. The summed E-state index contributed by atoms with van der Waals surface area (Å²) in [6.45, 7) is 0.992. The molecule has 0 saturated carbocycles. The summed E-state index contributed by atoms with van der Waals surface area (Å²) in [7, 11) is -3.68. The smallest absolute Gasteiger partial charge is 0.227 e. The molecule has 1 aliphatic rings. The van der Waals surface area contributed by atoms with Crippen LogP contribution in [0.4, 0.5) is 9.52 Å². The first kappa shape index (κ1) is 20.3. The minimum Gasteiger partial charge on any atom is -0.486 e. The van der Waals surface area contributed by atoms with Gasteiger partial charge in [0.2, 0.25) is 5.91 Å². The molecule has 2 heterocycles. The highest BCUT2D eigenvalue weighted by atomic mass is 32.2. The second-order valence-corrected chi connectivity index (χ2v) is 9.43. The molecule has 0 bridgehead atoms. The van der Waals surface area contributed by atoms with Crippen molar-refractivity contribution in [3.63, 3.8) is 0 Å². The van der Waals surface area contributed by atoms with Gasteiger partial charge in [-0.25, -0.2) is 17.8 Å². The summed E-state index contributed by atoms with van der Waals surface area (Å²) < 4.78 is 48.6. The standard InChI is InChI=1S/C20H17FN2O5S2/c21-14-2-4-15(5-3-14)30(25,26)10-7-19(24)23-20-22-16(12-29-20)13-1-6-17-18(11-13)28-9-8-27-17/h1-6,11-12H,7-10H2,(H,22,23,24). The van der Waals surface area contributed by atoms with E-state index in [0.717, 1.165) is 17.7 Å². The van der Waals surface area contributed by atoms with E-state index in [-0.39, 0.29) is 17.1 Å². The van der Waals surface area contributed by atoms with Gasteiger partial charge in [-0.3, -0.25) is 4.79 Å². The zero-order chi connectivity index (χ0) is 21.1. The van der Waals surface area contributed by atoms with Crippen LogP contribution in [0.15, 0.2) is 52.7 Å². The Labute approximate surface area is 176 Å². The lowest BCUT2D eigenvalue weighted by atomic mass is 10.1. The lowest BCUT2D eigenvalue weighted by molar-refractivity contribution is -0.115. The number of amides is 1. The zero-order valence-corrected chi connectivity index (χ0v) is 17.3. The van der Waals surface area contributed by atoms with E-state index in [1.54, 1.807) is 5.38 Å². The maximum atomic E-state index is 13.0. The number of sulfone groups is 1. The number of rotatable bonds is 6. The molecule has 2 aromatic carbocycles. The van der Waals surface area contributed by atoms with Gasteiger partial charge in [-0.15, -0.1) is 11.3 Å². The average molecular weight is 448 g/mol. The molecule has 0 radical (unpaired) electrons. The van der Waals surface area contributed by atoms with Crippen molar-refractivity contribution >= 4 is 32.2 Å². The summed E-state index contributed by atoms with van der Waals surface area (Å²) in [5, 5.41) is 4.77. The number of hydrogen-bond acceptors (Lipinski definition) is 7. The minimum absolute atomic E-state index is 0.0214. The van der Waals surface area contributed by atoms with Crippen LogP contribution >= 0.6 is 11.3 Å². The Kier molecular flexibility index (Phi) is 5.69. The fourth-order valence-electron chi connectivity index (χ4n) is 2.84. The number of nitrogens with zero attached hydrogens (tertiary/aromatic N) is 1. The fourth-order valence-corrected chi connectivity index (χ4v) is 4.81. The molecule has 0 aliphatic carbocycles. The number of aromatic nitrogens is 1. The van der Waals surface area contributed by atoms with E-state index in [4.69, 9.17) is 9.47 Å². The molecular formula is C20H17FN2O5S2. The number of hydrogen-bond donors (Lipinski definition) is 1. The van der Waals surface area contributed by atoms with Gasteiger partial charge in [0.1, 0.15) is 19.0 Å². The first-order chi connectivity index (χ1) is 14.4. The average Bonchev–Trinajstić information content (AvgIpc) is 3.21. The highest BCUT2D eigenvalue weighted by Crippen LogP contribution is 2.35. The molecule has 0 saturated heterocycles. The van der Waals surface area contributed by atoms with Crippen molar-refractivity contribution in [1.29, 1.82) is 0 Å². The van der Waals surface area contributed by atoms with Gasteiger partial charge < -0.3 is 14.8 Å². The Balaban J connectivity index is 1.38. The van der Waals surface area contributed by atoms with Crippen molar-refractivity contribution in [2.24, 2.45) is 0 Å². The lowest BCUT2D eigenvalue weighted by Gasteiger charge is -2.18. The van der Waals surface area contributed by atoms with Crippen molar-refractivity contribution in [1.82, 2.24) is 4.98 Å². The summed E-state index contributed by atoms with van der Waals surface area (Å²) in [5.41, 5.74) is 1.47. The van der Waals surface area contributed by atoms with Crippen molar-refractivity contribution in [2.75, 3.05) is 24.3 Å². The summed E-state index contributed by atoms with van der Waals surface area (Å²) in [6.07, 6.45) is -0.237. The van der Waals surface area contributed by atoms with E-state index >= 15 is 0 Å². The van der Waals surface area contributed by atoms with Crippen molar-refractivity contribution < 1.29 is 27.1 Å². The number of benzene rings is 2. The molecule has 0 unspecified atom stereocenters. The third-order valence-electron chi connectivity index (χ3n) is 4.36. The highest BCUT2D eigenvalue weighted by Gasteiger charge is 2.18. The number of halogens is 1. The summed E-state index contributed by atoms with van der Waals surface area (Å²) in [6, 6.07) is 9.99. The first-order valence-electron chi connectivity index (χ1n) is 9.04. The monoisotopic (exact) mass is 448 g/mol. The van der Waals surface area contributed by atoms with Crippen molar-refractivity contribution in [2.45, 2.75) is 11.3 Å². The van der Waals surface area contributed by atoms with E-state index in [9.17, 15) is 17.6 Å². The number of fused-ring (bicyclic) bond motifs is 1. The lowest BCUT2D eigenvalue weighted by Crippen LogP contribution is -2.17. The van der Waals surface area contributed by atoms with Gasteiger partial charge in [0, 0.05) is 17.4 Å². The maximum Gasteiger partial charge on any atom is 0.227 e. The van der Waals surface area contributed by atoms with E-state index in [0.29, 0.717) is 35.5 Å². The maximum absolute atomic E-state index is 13.0. The number of carbonyl (C=O) groups excluding carboxylic acids is 1. The van der Waals surface area contributed by atoms with Crippen LogP contribution in [0.25, 0.3) is 11.3 Å². The van der Waals surface area contributed by atoms with Crippen LogP contribution < -0.4 is 14.8 Å². The van der Waals surface area contributed by atoms with E-state index < -0.39 is 21.6 Å². The topological polar surface area (TPSA) is 94.6 Å². The zero-order valence-electron chi connectivity index (χ0n) is 15.6. The predicted octanol–water partition coefficient (Wildman–Crippen LogP) is 3.52.